The van der Waals surface area contributed by atoms with Crippen molar-refractivity contribution >= 4 is 0 Å². The molecule has 4 N–H and O–H groups in total. The quantitative estimate of drug-likeness (QED) is 0.625. The number of aliphatic hydroxyl groups excluding tert-OH is 3. The molecule has 1 aromatic rings. The first-order valence-electron chi connectivity index (χ1n) is 6.16. The monoisotopic (exact) mass is 273 g/mol. The minimum absolute atomic E-state index is 0.257. The summed E-state index contributed by atoms with van der Waals surface area (Å²) in [7, 11) is 0. The maximum atomic E-state index is 13.2. The van der Waals surface area contributed by atoms with Crippen molar-refractivity contribution in [3.63, 3.8) is 0 Å². The predicted molar refractivity (Wildman–Crippen MR) is 64.6 cm³/mol. The fraction of sp³-hybridized carbons (Fsp3) is 0.538. The zero-order chi connectivity index (χ0) is 14.0. The molecule has 0 saturated carbocycles. The zero-order valence-electron chi connectivity index (χ0n) is 10.3. The highest BCUT2D eigenvalue weighted by Gasteiger charge is 2.36. The van der Waals surface area contributed by atoms with Gasteiger partial charge >= 0.3 is 0 Å². The average molecular weight is 273 g/mol. The summed E-state index contributed by atoms with van der Waals surface area (Å²) < 4.78 is 26.4. The molecule has 6 heteroatoms. The normalized spacial score (nSPS) is 29.2. The van der Waals surface area contributed by atoms with E-state index in [1.165, 1.54) is 0 Å². The maximum absolute atomic E-state index is 13.2. The van der Waals surface area contributed by atoms with Crippen molar-refractivity contribution in [1.29, 1.82) is 0 Å². The lowest BCUT2D eigenvalue weighted by Gasteiger charge is -2.37. The van der Waals surface area contributed by atoms with Gasteiger partial charge in [0.1, 0.15) is 11.6 Å². The topological polar surface area (TPSA) is 72.7 Å². The summed E-state index contributed by atoms with van der Waals surface area (Å²) in [6.07, 6.45) is -1.99. The van der Waals surface area contributed by atoms with Crippen LogP contribution in [0, 0.1) is 17.6 Å². The molecular formula is C13H17F2NO3. The Morgan fingerprint density at radius 1 is 1.16 bits per heavy atom. The van der Waals surface area contributed by atoms with Crippen LogP contribution >= 0.6 is 0 Å². The third-order valence-corrected chi connectivity index (χ3v) is 3.59. The molecule has 19 heavy (non-hydrogen) atoms. The lowest BCUT2D eigenvalue weighted by molar-refractivity contribution is -0.0473. The Kier molecular flexibility index (Phi) is 4.46. The number of benzene rings is 1. The SMILES string of the molecule is OCC(c1cc(F)cc(F)c1)[C@H]1CNC[C@@H](O)[C@@H]1O. The molecule has 0 radical (unpaired) electrons. The summed E-state index contributed by atoms with van der Waals surface area (Å²) in [6, 6.07) is 3.03. The molecule has 1 unspecified atom stereocenters. The Hall–Kier alpha value is -1.08. The van der Waals surface area contributed by atoms with Crippen LogP contribution in [0.2, 0.25) is 0 Å². The van der Waals surface area contributed by atoms with Gasteiger partial charge in [0.05, 0.1) is 18.8 Å². The number of halogens is 2. The molecular weight excluding hydrogens is 256 g/mol. The first kappa shape index (κ1) is 14.3. The third kappa shape index (κ3) is 3.09. The Bertz CT molecular complexity index is 424. The van der Waals surface area contributed by atoms with E-state index in [1.807, 2.05) is 0 Å². The molecule has 2 rings (SSSR count). The van der Waals surface area contributed by atoms with E-state index < -0.39 is 35.7 Å². The molecule has 0 spiro atoms. The molecule has 106 valence electrons. The first-order chi connectivity index (χ1) is 9.02. The second-order valence-electron chi connectivity index (χ2n) is 4.87. The van der Waals surface area contributed by atoms with E-state index in [0.717, 1.165) is 18.2 Å². The van der Waals surface area contributed by atoms with Gasteiger partial charge in [0.15, 0.2) is 0 Å². The molecule has 1 fully saturated rings. The minimum atomic E-state index is -1.04. The molecule has 1 aliphatic rings. The Balaban J connectivity index is 2.28. The molecule has 0 amide bonds. The van der Waals surface area contributed by atoms with Crippen LogP contribution in [0.15, 0.2) is 18.2 Å². The number of piperidine rings is 1. The van der Waals surface area contributed by atoms with Crippen LogP contribution in [0.3, 0.4) is 0 Å². The van der Waals surface area contributed by atoms with Crippen molar-refractivity contribution in [2.45, 2.75) is 18.1 Å². The van der Waals surface area contributed by atoms with Crippen molar-refractivity contribution in [2.24, 2.45) is 5.92 Å². The van der Waals surface area contributed by atoms with E-state index in [-0.39, 0.29) is 18.7 Å². The number of hydrogen-bond acceptors (Lipinski definition) is 4. The maximum Gasteiger partial charge on any atom is 0.126 e. The van der Waals surface area contributed by atoms with Crippen molar-refractivity contribution in [2.75, 3.05) is 19.7 Å². The summed E-state index contributed by atoms with van der Waals surface area (Å²) in [5, 5.41) is 31.9. The number of aliphatic hydroxyl groups is 3. The minimum Gasteiger partial charge on any atom is -0.396 e. The van der Waals surface area contributed by atoms with E-state index in [1.54, 1.807) is 0 Å². The van der Waals surface area contributed by atoms with Crippen LogP contribution < -0.4 is 5.32 Å². The molecule has 1 saturated heterocycles. The van der Waals surface area contributed by atoms with Gasteiger partial charge in [0.25, 0.3) is 0 Å². The second kappa shape index (κ2) is 5.92. The molecule has 0 aliphatic carbocycles. The highest BCUT2D eigenvalue weighted by Crippen LogP contribution is 2.30. The average Bonchev–Trinajstić information content (AvgIpc) is 2.34. The molecule has 4 nitrogen and oxygen atoms in total. The molecule has 1 heterocycles. The van der Waals surface area contributed by atoms with Crippen LogP contribution in [0.5, 0.6) is 0 Å². The van der Waals surface area contributed by atoms with Crippen LogP contribution in [0.25, 0.3) is 0 Å². The Labute approximate surface area is 109 Å². The Morgan fingerprint density at radius 3 is 2.37 bits per heavy atom. The van der Waals surface area contributed by atoms with Gasteiger partial charge in [-0.05, 0) is 17.7 Å². The summed E-state index contributed by atoms with van der Waals surface area (Å²) in [6.45, 7) is 0.258. The summed E-state index contributed by atoms with van der Waals surface area (Å²) in [5.74, 6) is -2.60. The second-order valence-corrected chi connectivity index (χ2v) is 4.87. The number of rotatable bonds is 3. The van der Waals surface area contributed by atoms with E-state index in [2.05, 4.69) is 5.32 Å². The van der Waals surface area contributed by atoms with Crippen molar-refractivity contribution < 1.29 is 24.1 Å². The van der Waals surface area contributed by atoms with Crippen molar-refractivity contribution in [3.05, 3.63) is 35.4 Å². The molecule has 4 atom stereocenters. The van der Waals surface area contributed by atoms with Crippen LogP contribution in [0.4, 0.5) is 8.78 Å². The van der Waals surface area contributed by atoms with Crippen LogP contribution in [0.1, 0.15) is 11.5 Å². The summed E-state index contributed by atoms with van der Waals surface area (Å²) in [4.78, 5) is 0. The Morgan fingerprint density at radius 2 is 1.79 bits per heavy atom. The van der Waals surface area contributed by atoms with Crippen molar-refractivity contribution in [3.8, 4) is 0 Å². The van der Waals surface area contributed by atoms with Gasteiger partial charge in [-0.15, -0.1) is 0 Å². The largest absolute Gasteiger partial charge is 0.396 e. The molecule has 0 aromatic heterocycles. The third-order valence-electron chi connectivity index (χ3n) is 3.59. The van der Waals surface area contributed by atoms with E-state index in [0.29, 0.717) is 6.54 Å². The number of hydrogen-bond donors (Lipinski definition) is 4. The van der Waals surface area contributed by atoms with Gasteiger partial charge in [-0.2, -0.15) is 0 Å². The number of β-amino-alcohol motifs (C(OH)–C–C–N with tert-alkyl or cyclic N) is 1. The van der Waals surface area contributed by atoms with Gasteiger partial charge < -0.3 is 20.6 Å². The zero-order valence-corrected chi connectivity index (χ0v) is 10.3. The van der Waals surface area contributed by atoms with E-state index in [4.69, 9.17) is 0 Å². The number of nitrogens with one attached hydrogen (secondary N) is 1. The van der Waals surface area contributed by atoms with Gasteiger partial charge in [0.2, 0.25) is 0 Å². The van der Waals surface area contributed by atoms with Crippen LogP contribution in [-0.4, -0.2) is 47.2 Å². The van der Waals surface area contributed by atoms with Gasteiger partial charge in [-0.1, -0.05) is 0 Å². The lowest BCUT2D eigenvalue weighted by Crippen LogP contribution is -2.52. The standard InChI is InChI=1S/C13H17F2NO3/c14-8-1-7(2-9(15)3-8)11(6-17)10-4-16-5-12(18)13(10)19/h1-3,10-13,16-19H,4-6H2/t10-,11?,12-,13-/m1/s1. The van der Waals surface area contributed by atoms with Gasteiger partial charge in [-0.3, -0.25) is 0 Å². The highest BCUT2D eigenvalue weighted by molar-refractivity contribution is 5.23. The fourth-order valence-electron chi connectivity index (χ4n) is 2.58. The van der Waals surface area contributed by atoms with Crippen molar-refractivity contribution in [1.82, 2.24) is 5.32 Å². The lowest BCUT2D eigenvalue weighted by atomic mass is 9.79. The molecule has 1 aliphatic heterocycles. The highest BCUT2D eigenvalue weighted by atomic mass is 19.1. The summed E-state index contributed by atoms with van der Waals surface area (Å²) >= 11 is 0. The summed E-state index contributed by atoms with van der Waals surface area (Å²) in [5.41, 5.74) is 0.278. The van der Waals surface area contributed by atoms with E-state index in [9.17, 15) is 24.1 Å². The van der Waals surface area contributed by atoms with Gasteiger partial charge in [-0.25, -0.2) is 8.78 Å². The predicted octanol–water partition coefficient (Wildman–Crippen LogP) is -0.0181. The van der Waals surface area contributed by atoms with Gasteiger partial charge in [0, 0.05) is 31.0 Å². The fourth-order valence-corrected chi connectivity index (χ4v) is 2.58. The molecule has 1 aromatic carbocycles. The molecule has 0 bridgehead atoms. The first-order valence-corrected chi connectivity index (χ1v) is 6.16. The van der Waals surface area contributed by atoms with E-state index >= 15 is 0 Å². The smallest absolute Gasteiger partial charge is 0.126 e. The van der Waals surface area contributed by atoms with Crippen LogP contribution in [-0.2, 0) is 0 Å².